The molecule has 0 unspecified atom stereocenters. The average Bonchev–Trinajstić information content (AvgIpc) is 2.20. The number of rotatable bonds is 6. The molecule has 6 nitrogen and oxygen atoms in total. The fourth-order valence-corrected chi connectivity index (χ4v) is 0.935. The fraction of sp³-hybridized carbons (Fsp3) is 0.375. The van der Waals surface area contributed by atoms with Crippen LogP contribution in [0.2, 0.25) is 5.15 Å². The first kappa shape index (κ1) is 11.7. The third kappa shape index (κ3) is 5.14. The van der Waals surface area contributed by atoms with Crippen molar-refractivity contribution in [3.63, 3.8) is 0 Å². The van der Waals surface area contributed by atoms with Gasteiger partial charge in [0.15, 0.2) is 5.15 Å². The first-order chi connectivity index (χ1) is 7.18. The molecule has 0 aliphatic rings. The Morgan fingerprint density at radius 2 is 2.33 bits per heavy atom. The van der Waals surface area contributed by atoms with Crippen LogP contribution in [0, 0.1) is 0 Å². The first-order valence-corrected chi connectivity index (χ1v) is 4.65. The summed E-state index contributed by atoms with van der Waals surface area (Å²) in [4.78, 5) is 10.3. The van der Waals surface area contributed by atoms with Gasteiger partial charge in [-0.1, -0.05) is 11.6 Å². The minimum absolute atomic E-state index is 0.0754. The molecule has 0 fully saturated rings. The minimum Gasteiger partial charge on any atom is -0.370 e. The average molecular weight is 231 g/mol. The summed E-state index contributed by atoms with van der Waals surface area (Å²) in [6, 6.07) is 3.32. The maximum atomic E-state index is 10.3. The van der Waals surface area contributed by atoms with Crippen molar-refractivity contribution >= 4 is 23.3 Å². The van der Waals surface area contributed by atoms with E-state index in [-0.39, 0.29) is 6.61 Å². The molecule has 0 aliphatic carbocycles. The normalized spacial score (nSPS) is 9.93. The van der Waals surface area contributed by atoms with Gasteiger partial charge in [-0.15, -0.1) is 10.2 Å². The molecule has 0 bridgehead atoms. The SMILES string of the molecule is NC(=O)COCCNc1ccc(Cl)nn1. The minimum atomic E-state index is -0.485. The van der Waals surface area contributed by atoms with Crippen molar-refractivity contribution in [1.29, 1.82) is 0 Å². The van der Waals surface area contributed by atoms with Gasteiger partial charge in [0.1, 0.15) is 12.4 Å². The number of ether oxygens (including phenoxy) is 1. The molecular formula is C8H11ClN4O2. The van der Waals surface area contributed by atoms with E-state index in [9.17, 15) is 4.79 Å². The molecule has 7 heteroatoms. The predicted molar refractivity (Wildman–Crippen MR) is 55.5 cm³/mol. The topological polar surface area (TPSA) is 90.1 Å². The summed E-state index contributed by atoms with van der Waals surface area (Å²) in [7, 11) is 0. The number of anilines is 1. The van der Waals surface area contributed by atoms with Gasteiger partial charge in [0, 0.05) is 6.54 Å². The second kappa shape index (κ2) is 6.15. The molecule has 1 amide bonds. The van der Waals surface area contributed by atoms with Crippen LogP contribution in [0.25, 0.3) is 0 Å². The van der Waals surface area contributed by atoms with Crippen LogP contribution >= 0.6 is 11.6 Å². The van der Waals surface area contributed by atoms with Gasteiger partial charge in [-0.2, -0.15) is 0 Å². The Labute approximate surface area is 91.8 Å². The highest BCUT2D eigenvalue weighted by molar-refractivity contribution is 6.29. The molecule has 0 aromatic carbocycles. The molecule has 1 aromatic heterocycles. The van der Waals surface area contributed by atoms with E-state index in [4.69, 9.17) is 22.1 Å². The number of hydrogen-bond acceptors (Lipinski definition) is 5. The van der Waals surface area contributed by atoms with Crippen molar-refractivity contribution in [1.82, 2.24) is 10.2 Å². The second-order valence-corrected chi connectivity index (χ2v) is 3.07. The van der Waals surface area contributed by atoms with Crippen molar-refractivity contribution in [3.05, 3.63) is 17.3 Å². The Morgan fingerprint density at radius 3 is 2.93 bits per heavy atom. The van der Waals surface area contributed by atoms with Crippen molar-refractivity contribution in [2.75, 3.05) is 25.1 Å². The number of halogens is 1. The van der Waals surface area contributed by atoms with Crippen molar-refractivity contribution in [3.8, 4) is 0 Å². The zero-order chi connectivity index (χ0) is 11.1. The van der Waals surface area contributed by atoms with Gasteiger partial charge in [0.05, 0.1) is 6.61 Å². The summed E-state index contributed by atoms with van der Waals surface area (Å²) in [5.74, 6) is 0.114. The Bertz CT molecular complexity index is 317. The summed E-state index contributed by atoms with van der Waals surface area (Å²) < 4.78 is 4.93. The number of nitrogens with one attached hydrogen (secondary N) is 1. The third-order valence-corrected chi connectivity index (χ3v) is 1.63. The highest BCUT2D eigenvalue weighted by Gasteiger charge is 1.96. The molecule has 0 saturated heterocycles. The van der Waals surface area contributed by atoms with E-state index in [1.165, 1.54) is 0 Å². The van der Waals surface area contributed by atoms with Crippen LogP contribution in [0.4, 0.5) is 5.82 Å². The smallest absolute Gasteiger partial charge is 0.243 e. The maximum Gasteiger partial charge on any atom is 0.243 e. The molecule has 0 atom stereocenters. The van der Waals surface area contributed by atoms with E-state index in [1.54, 1.807) is 12.1 Å². The van der Waals surface area contributed by atoms with Crippen molar-refractivity contribution in [2.45, 2.75) is 0 Å². The largest absolute Gasteiger partial charge is 0.370 e. The number of carbonyl (C=O) groups excluding carboxylic acids is 1. The molecular weight excluding hydrogens is 220 g/mol. The van der Waals surface area contributed by atoms with Crippen molar-refractivity contribution < 1.29 is 9.53 Å². The zero-order valence-electron chi connectivity index (χ0n) is 7.94. The number of primary amides is 1. The molecule has 1 heterocycles. The van der Waals surface area contributed by atoms with E-state index < -0.39 is 5.91 Å². The lowest BCUT2D eigenvalue weighted by atomic mass is 10.5. The summed E-state index contributed by atoms with van der Waals surface area (Å²) in [5.41, 5.74) is 4.88. The number of carbonyl (C=O) groups is 1. The van der Waals surface area contributed by atoms with Gasteiger partial charge in [0.25, 0.3) is 0 Å². The molecule has 82 valence electrons. The summed E-state index contributed by atoms with van der Waals surface area (Å²) in [6.07, 6.45) is 0. The van der Waals surface area contributed by atoms with E-state index >= 15 is 0 Å². The Kier molecular flexibility index (Phi) is 4.79. The zero-order valence-corrected chi connectivity index (χ0v) is 8.70. The van der Waals surface area contributed by atoms with Gasteiger partial charge >= 0.3 is 0 Å². The molecule has 1 aromatic rings. The third-order valence-electron chi connectivity index (χ3n) is 1.43. The van der Waals surface area contributed by atoms with Crippen molar-refractivity contribution in [2.24, 2.45) is 5.73 Å². The first-order valence-electron chi connectivity index (χ1n) is 4.27. The fourth-order valence-electron chi connectivity index (χ4n) is 0.834. The second-order valence-electron chi connectivity index (χ2n) is 2.69. The van der Waals surface area contributed by atoms with E-state index in [2.05, 4.69) is 15.5 Å². The molecule has 0 aliphatic heterocycles. The van der Waals surface area contributed by atoms with E-state index in [0.717, 1.165) is 0 Å². The molecule has 0 spiro atoms. The van der Waals surface area contributed by atoms with Gasteiger partial charge in [0.2, 0.25) is 5.91 Å². The standard InChI is InChI=1S/C8H11ClN4O2/c9-6-1-2-8(13-12-6)11-3-4-15-5-7(10)14/h1-2H,3-5H2,(H2,10,14)(H,11,13). The number of amides is 1. The Hall–Kier alpha value is -1.40. The quantitative estimate of drug-likeness (QED) is 0.674. The lowest BCUT2D eigenvalue weighted by molar-refractivity contribution is -0.122. The Morgan fingerprint density at radius 1 is 1.53 bits per heavy atom. The van der Waals surface area contributed by atoms with Crippen LogP contribution in [0.5, 0.6) is 0 Å². The van der Waals surface area contributed by atoms with Crippen LogP contribution in [-0.4, -0.2) is 35.9 Å². The van der Waals surface area contributed by atoms with Crippen LogP contribution in [0.1, 0.15) is 0 Å². The Balaban J connectivity index is 2.15. The highest BCUT2D eigenvalue weighted by atomic mass is 35.5. The van der Waals surface area contributed by atoms with Gasteiger partial charge < -0.3 is 15.8 Å². The highest BCUT2D eigenvalue weighted by Crippen LogP contribution is 2.05. The predicted octanol–water partition coefficient (Wildman–Crippen LogP) is 0.0438. The van der Waals surface area contributed by atoms with Gasteiger partial charge in [-0.3, -0.25) is 4.79 Å². The van der Waals surface area contributed by atoms with E-state index in [1.807, 2.05) is 0 Å². The molecule has 1 rings (SSSR count). The molecule has 15 heavy (non-hydrogen) atoms. The number of hydrogen-bond donors (Lipinski definition) is 2. The van der Waals surface area contributed by atoms with Crippen LogP contribution in [0.3, 0.4) is 0 Å². The lowest BCUT2D eigenvalue weighted by Gasteiger charge is -2.04. The van der Waals surface area contributed by atoms with Crippen LogP contribution in [-0.2, 0) is 9.53 Å². The summed E-state index contributed by atoms with van der Waals surface area (Å²) in [5, 5.41) is 10.7. The summed E-state index contributed by atoms with van der Waals surface area (Å²) >= 11 is 5.55. The maximum absolute atomic E-state index is 10.3. The molecule has 0 radical (unpaired) electrons. The monoisotopic (exact) mass is 230 g/mol. The number of nitrogens with zero attached hydrogens (tertiary/aromatic N) is 2. The molecule has 0 saturated carbocycles. The number of nitrogens with two attached hydrogens (primary N) is 1. The van der Waals surface area contributed by atoms with E-state index in [0.29, 0.717) is 24.1 Å². The number of aromatic nitrogens is 2. The van der Waals surface area contributed by atoms with Gasteiger partial charge in [-0.05, 0) is 12.1 Å². The molecule has 3 N–H and O–H groups in total. The summed E-state index contributed by atoms with van der Waals surface area (Å²) in [6.45, 7) is 0.810. The van der Waals surface area contributed by atoms with Crippen LogP contribution in [0.15, 0.2) is 12.1 Å². The van der Waals surface area contributed by atoms with Crippen LogP contribution < -0.4 is 11.1 Å². The van der Waals surface area contributed by atoms with Gasteiger partial charge in [-0.25, -0.2) is 0 Å². The lowest BCUT2D eigenvalue weighted by Crippen LogP contribution is -2.20.